The summed E-state index contributed by atoms with van der Waals surface area (Å²) >= 11 is 13.3. The molecule has 0 aliphatic carbocycles. The summed E-state index contributed by atoms with van der Waals surface area (Å²) in [5, 5.41) is 12.6. The Hall–Kier alpha value is -2.88. The number of amides is 1. The van der Waals surface area contributed by atoms with Crippen LogP contribution in [0.3, 0.4) is 0 Å². The third kappa shape index (κ3) is 4.81. The monoisotopic (exact) mass is 460 g/mol. The molecule has 1 N–H and O–H groups in total. The number of carbonyl (C=O) groups is 1. The lowest BCUT2D eigenvalue weighted by Crippen LogP contribution is -2.15. The zero-order valence-corrected chi connectivity index (χ0v) is 17.7. The first-order valence-electron chi connectivity index (χ1n) is 8.70. The highest BCUT2D eigenvalue weighted by Crippen LogP contribution is 2.27. The Balaban J connectivity index is 1.52. The largest absolute Gasteiger partial charge is 0.467 e. The van der Waals surface area contributed by atoms with Crippen molar-refractivity contribution in [3.8, 4) is 11.5 Å². The Kier molecular flexibility index (Phi) is 6.32. The normalized spacial score (nSPS) is 10.9. The predicted octanol–water partition coefficient (Wildman–Crippen LogP) is 4.41. The predicted molar refractivity (Wildman–Crippen MR) is 115 cm³/mol. The Morgan fingerprint density at radius 1 is 1.20 bits per heavy atom. The van der Waals surface area contributed by atoms with Gasteiger partial charge in [0.2, 0.25) is 5.91 Å². The molecule has 0 unspecified atom stereocenters. The second-order valence-corrected chi connectivity index (χ2v) is 7.81. The zero-order valence-electron chi connectivity index (χ0n) is 15.3. The first kappa shape index (κ1) is 20.4. The van der Waals surface area contributed by atoms with Crippen molar-refractivity contribution < 1.29 is 9.21 Å². The van der Waals surface area contributed by atoms with E-state index in [4.69, 9.17) is 27.6 Å². The summed E-state index contributed by atoms with van der Waals surface area (Å²) < 4.78 is 7.28. The lowest BCUT2D eigenvalue weighted by Gasteiger charge is -2.09. The lowest BCUT2D eigenvalue weighted by atomic mass is 10.3. The number of nitrogens with one attached hydrogen (secondary N) is 1. The van der Waals surface area contributed by atoms with E-state index in [-0.39, 0.29) is 11.7 Å². The molecule has 3 heterocycles. The van der Waals surface area contributed by atoms with Crippen molar-refractivity contribution in [1.82, 2.24) is 24.7 Å². The molecule has 0 aliphatic heterocycles. The minimum Gasteiger partial charge on any atom is -0.467 e. The molecule has 152 valence electrons. The van der Waals surface area contributed by atoms with Crippen LogP contribution in [0.15, 0.2) is 64.8 Å². The lowest BCUT2D eigenvalue weighted by molar-refractivity contribution is -0.113. The number of furan rings is 1. The standard InChI is InChI=1S/C19H14Cl2N6O2S/c20-12-3-4-14(21)15(8-12)24-17(28)11-30-19-26-25-18(16-9-22-5-6-23-16)27(19)10-13-2-1-7-29-13/h1-9H,10-11H2,(H,24,28). The molecule has 30 heavy (non-hydrogen) atoms. The summed E-state index contributed by atoms with van der Waals surface area (Å²) in [5.74, 6) is 1.09. The maximum Gasteiger partial charge on any atom is 0.234 e. The van der Waals surface area contributed by atoms with Crippen LogP contribution in [0.2, 0.25) is 10.0 Å². The number of carbonyl (C=O) groups excluding carboxylic acids is 1. The third-order valence-corrected chi connectivity index (χ3v) is 5.47. The highest BCUT2D eigenvalue weighted by atomic mass is 35.5. The van der Waals surface area contributed by atoms with Gasteiger partial charge in [0.1, 0.15) is 11.5 Å². The fourth-order valence-corrected chi connectivity index (χ4v) is 3.68. The van der Waals surface area contributed by atoms with E-state index in [1.54, 1.807) is 49.1 Å². The van der Waals surface area contributed by atoms with E-state index in [0.717, 1.165) is 5.76 Å². The molecule has 4 rings (SSSR count). The van der Waals surface area contributed by atoms with E-state index in [2.05, 4.69) is 25.5 Å². The van der Waals surface area contributed by atoms with E-state index in [1.165, 1.54) is 11.8 Å². The van der Waals surface area contributed by atoms with E-state index in [0.29, 0.717) is 39.0 Å². The Labute approximate surface area is 185 Å². The molecule has 11 heteroatoms. The van der Waals surface area contributed by atoms with Crippen LogP contribution in [0.4, 0.5) is 5.69 Å². The number of halogens is 2. The van der Waals surface area contributed by atoms with Crippen LogP contribution in [-0.4, -0.2) is 36.4 Å². The van der Waals surface area contributed by atoms with Gasteiger partial charge in [-0.05, 0) is 30.3 Å². The maximum absolute atomic E-state index is 12.4. The minimum atomic E-state index is -0.252. The first-order valence-corrected chi connectivity index (χ1v) is 10.4. The molecule has 3 aromatic heterocycles. The number of hydrogen-bond donors (Lipinski definition) is 1. The van der Waals surface area contributed by atoms with Crippen LogP contribution >= 0.6 is 35.0 Å². The fourth-order valence-electron chi connectivity index (χ4n) is 2.61. The Morgan fingerprint density at radius 2 is 2.10 bits per heavy atom. The molecule has 4 aromatic rings. The average molecular weight is 461 g/mol. The van der Waals surface area contributed by atoms with Crippen LogP contribution < -0.4 is 5.32 Å². The number of hydrogen-bond acceptors (Lipinski definition) is 7. The molecular formula is C19H14Cl2N6O2S. The number of benzene rings is 1. The second kappa shape index (κ2) is 9.29. The Morgan fingerprint density at radius 3 is 2.87 bits per heavy atom. The topological polar surface area (TPSA) is 98.7 Å². The minimum absolute atomic E-state index is 0.0968. The number of aromatic nitrogens is 5. The quantitative estimate of drug-likeness (QED) is 0.407. The van der Waals surface area contributed by atoms with Gasteiger partial charge in [0.25, 0.3) is 0 Å². The van der Waals surface area contributed by atoms with Crippen molar-refractivity contribution in [3.05, 3.63) is 71.0 Å². The van der Waals surface area contributed by atoms with Crippen LogP contribution in [0.5, 0.6) is 0 Å². The summed E-state index contributed by atoms with van der Waals surface area (Å²) in [5.41, 5.74) is 1.02. The van der Waals surface area contributed by atoms with Crippen LogP contribution in [0.25, 0.3) is 11.5 Å². The SMILES string of the molecule is O=C(CSc1nnc(-c2cnccn2)n1Cc1ccco1)Nc1cc(Cl)ccc1Cl. The maximum atomic E-state index is 12.4. The third-order valence-electron chi connectivity index (χ3n) is 3.94. The van der Waals surface area contributed by atoms with Gasteiger partial charge in [-0.25, -0.2) is 4.98 Å². The van der Waals surface area contributed by atoms with Crippen molar-refractivity contribution >= 4 is 46.6 Å². The van der Waals surface area contributed by atoms with Gasteiger partial charge in [0.15, 0.2) is 11.0 Å². The van der Waals surface area contributed by atoms with Gasteiger partial charge in [-0.3, -0.25) is 14.3 Å². The zero-order chi connectivity index (χ0) is 20.9. The van der Waals surface area contributed by atoms with Gasteiger partial charge in [0.05, 0.1) is 35.5 Å². The summed E-state index contributed by atoms with van der Waals surface area (Å²) in [6, 6.07) is 8.52. The van der Waals surface area contributed by atoms with Crippen molar-refractivity contribution in [3.63, 3.8) is 0 Å². The number of nitrogens with zero attached hydrogens (tertiary/aromatic N) is 5. The average Bonchev–Trinajstić information content (AvgIpc) is 3.40. The highest BCUT2D eigenvalue weighted by molar-refractivity contribution is 7.99. The number of anilines is 1. The molecule has 0 saturated carbocycles. The van der Waals surface area contributed by atoms with E-state index in [1.807, 2.05) is 10.6 Å². The summed E-state index contributed by atoms with van der Waals surface area (Å²) in [6.45, 7) is 0.385. The van der Waals surface area contributed by atoms with Crippen molar-refractivity contribution in [2.24, 2.45) is 0 Å². The van der Waals surface area contributed by atoms with Crippen LogP contribution in [0, 0.1) is 0 Å². The van der Waals surface area contributed by atoms with Crippen molar-refractivity contribution in [1.29, 1.82) is 0 Å². The summed E-state index contributed by atoms with van der Waals surface area (Å²) in [4.78, 5) is 20.8. The van der Waals surface area contributed by atoms with E-state index in [9.17, 15) is 4.79 Å². The smallest absolute Gasteiger partial charge is 0.234 e. The molecular weight excluding hydrogens is 447 g/mol. The van der Waals surface area contributed by atoms with Crippen LogP contribution in [-0.2, 0) is 11.3 Å². The molecule has 0 radical (unpaired) electrons. The van der Waals surface area contributed by atoms with Crippen molar-refractivity contribution in [2.45, 2.75) is 11.7 Å². The van der Waals surface area contributed by atoms with Crippen molar-refractivity contribution in [2.75, 3.05) is 11.1 Å². The highest BCUT2D eigenvalue weighted by Gasteiger charge is 2.18. The molecule has 0 bridgehead atoms. The molecule has 0 fully saturated rings. The first-order chi connectivity index (χ1) is 14.6. The molecule has 0 aliphatic rings. The van der Waals surface area contributed by atoms with E-state index >= 15 is 0 Å². The van der Waals surface area contributed by atoms with Crippen LogP contribution in [0.1, 0.15) is 5.76 Å². The molecule has 0 saturated heterocycles. The fraction of sp³-hybridized carbons (Fsp3) is 0.105. The molecule has 0 atom stereocenters. The van der Waals surface area contributed by atoms with Gasteiger partial charge < -0.3 is 9.73 Å². The second-order valence-electron chi connectivity index (χ2n) is 6.02. The van der Waals surface area contributed by atoms with Gasteiger partial charge in [-0.15, -0.1) is 10.2 Å². The summed E-state index contributed by atoms with van der Waals surface area (Å²) in [6.07, 6.45) is 6.36. The van der Waals surface area contributed by atoms with E-state index < -0.39 is 0 Å². The summed E-state index contributed by atoms with van der Waals surface area (Å²) in [7, 11) is 0. The van der Waals surface area contributed by atoms with Gasteiger partial charge in [-0.1, -0.05) is 35.0 Å². The number of thioether (sulfide) groups is 1. The number of rotatable bonds is 7. The molecule has 1 amide bonds. The molecule has 8 nitrogen and oxygen atoms in total. The molecule has 1 aromatic carbocycles. The Bertz CT molecular complexity index is 1150. The van der Waals surface area contributed by atoms with Gasteiger partial charge in [0, 0.05) is 17.4 Å². The van der Waals surface area contributed by atoms with Gasteiger partial charge >= 0.3 is 0 Å². The molecule has 0 spiro atoms. The van der Waals surface area contributed by atoms with Gasteiger partial charge in [-0.2, -0.15) is 0 Å².